The Morgan fingerprint density at radius 3 is 2.50 bits per heavy atom. The van der Waals surface area contributed by atoms with Crippen molar-refractivity contribution in [2.45, 2.75) is 11.8 Å². The second-order valence-corrected chi connectivity index (χ2v) is 3.60. The van der Waals surface area contributed by atoms with Crippen molar-refractivity contribution in [3.8, 4) is 0 Å². The number of hydrogen-bond acceptors (Lipinski definition) is 2. The third kappa shape index (κ3) is 1.97. The molecule has 1 atom stereocenters. The van der Waals surface area contributed by atoms with Crippen LogP contribution >= 0.6 is 0 Å². The Hall–Kier alpha value is -1.27. The summed E-state index contributed by atoms with van der Waals surface area (Å²) < 4.78 is 32.3. The predicted molar refractivity (Wildman–Crippen MR) is 47.1 cm³/mol. The van der Waals surface area contributed by atoms with Gasteiger partial charge in [-0.1, -0.05) is 0 Å². The van der Waals surface area contributed by atoms with E-state index in [-0.39, 0.29) is 16.0 Å². The molecular formula is C8H7FO4S. The Morgan fingerprint density at radius 2 is 2.07 bits per heavy atom. The molecule has 76 valence electrons. The number of carboxylic acid groups (broad SMARTS) is 1. The van der Waals surface area contributed by atoms with Crippen LogP contribution in [0.15, 0.2) is 17.0 Å². The number of aromatic carboxylic acids is 1. The quantitative estimate of drug-likeness (QED) is 0.736. The van der Waals surface area contributed by atoms with Crippen molar-refractivity contribution in [2.75, 3.05) is 0 Å². The van der Waals surface area contributed by atoms with Crippen molar-refractivity contribution in [1.82, 2.24) is 0 Å². The molecule has 1 rings (SSSR count). The first-order chi connectivity index (χ1) is 6.43. The van der Waals surface area contributed by atoms with Gasteiger partial charge in [-0.3, -0.25) is 0 Å². The van der Waals surface area contributed by atoms with E-state index >= 15 is 0 Å². The van der Waals surface area contributed by atoms with Gasteiger partial charge < -0.3 is 9.66 Å². The van der Waals surface area contributed by atoms with Crippen LogP contribution in [-0.2, 0) is 11.1 Å². The summed E-state index contributed by atoms with van der Waals surface area (Å²) in [6, 6.07) is 1.83. The molecule has 0 aliphatic heterocycles. The highest BCUT2D eigenvalue weighted by atomic mass is 32.2. The maximum absolute atomic E-state index is 13.1. The molecule has 1 aromatic carbocycles. The standard InChI is InChI=1S/C8H7FO4S/c1-4-6(8(10)11)2-5(14(12)13)3-7(4)9/h2-3H,1H3,(H,10,11)(H,12,13). The molecule has 0 amide bonds. The minimum absolute atomic E-state index is 0.0494. The van der Waals surface area contributed by atoms with Gasteiger partial charge in [-0.15, -0.1) is 0 Å². The summed E-state index contributed by atoms with van der Waals surface area (Å²) in [6.45, 7) is 1.29. The maximum atomic E-state index is 13.1. The molecule has 0 aliphatic rings. The smallest absolute Gasteiger partial charge is 0.336 e. The van der Waals surface area contributed by atoms with Gasteiger partial charge >= 0.3 is 5.97 Å². The van der Waals surface area contributed by atoms with E-state index in [0.717, 1.165) is 12.1 Å². The van der Waals surface area contributed by atoms with Gasteiger partial charge in [0.05, 0.1) is 10.5 Å². The molecule has 0 spiro atoms. The third-order valence-corrected chi connectivity index (χ3v) is 2.39. The van der Waals surface area contributed by atoms with Crippen LogP contribution in [0.25, 0.3) is 0 Å². The molecular weight excluding hydrogens is 211 g/mol. The molecule has 0 heterocycles. The van der Waals surface area contributed by atoms with Gasteiger partial charge in [0, 0.05) is 0 Å². The topological polar surface area (TPSA) is 74.6 Å². The van der Waals surface area contributed by atoms with Crippen LogP contribution < -0.4 is 0 Å². The van der Waals surface area contributed by atoms with Gasteiger partial charge in [0.15, 0.2) is 11.1 Å². The molecule has 1 unspecified atom stereocenters. The van der Waals surface area contributed by atoms with Crippen molar-refractivity contribution in [2.24, 2.45) is 0 Å². The first-order valence-electron chi connectivity index (χ1n) is 3.57. The highest BCUT2D eigenvalue weighted by Crippen LogP contribution is 2.17. The first kappa shape index (κ1) is 10.8. The highest BCUT2D eigenvalue weighted by Gasteiger charge is 2.14. The SMILES string of the molecule is Cc1c(F)cc(S(=O)O)cc1C(=O)O. The summed E-state index contributed by atoms with van der Waals surface area (Å²) in [7, 11) is 0. The molecule has 14 heavy (non-hydrogen) atoms. The fourth-order valence-corrected chi connectivity index (χ4v) is 1.40. The second-order valence-electron chi connectivity index (χ2n) is 2.63. The van der Waals surface area contributed by atoms with Gasteiger partial charge in [0.1, 0.15) is 5.82 Å². The average molecular weight is 218 g/mol. The van der Waals surface area contributed by atoms with E-state index in [1.807, 2.05) is 0 Å². The molecule has 6 heteroatoms. The van der Waals surface area contributed by atoms with Crippen LogP contribution in [-0.4, -0.2) is 19.8 Å². The average Bonchev–Trinajstić information content (AvgIpc) is 2.08. The molecule has 1 aromatic rings. The fourth-order valence-electron chi connectivity index (χ4n) is 0.977. The summed E-state index contributed by atoms with van der Waals surface area (Å²) in [4.78, 5) is 10.3. The van der Waals surface area contributed by atoms with Crippen molar-refractivity contribution in [3.63, 3.8) is 0 Å². The number of hydrogen-bond donors (Lipinski definition) is 2. The van der Waals surface area contributed by atoms with Crippen LogP contribution in [0.5, 0.6) is 0 Å². The minimum Gasteiger partial charge on any atom is -0.478 e. The van der Waals surface area contributed by atoms with Crippen LogP contribution in [0.2, 0.25) is 0 Å². The normalized spacial score (nSPS) is 12.5. The van der Waals surface area contributed by atoms with Crippen molar-refractivity contribution < 1.29 is 23.1 Å². The Morgan fingerprint density at radius 1 is 1.50 bits per heavy atom. The first-order valence-corrected chi connectivity index (χ1v) is 4.68. The zero-order valence-electron chi connectivity index (χ0n) is 7.15. The van der Waals surface area contributed by atoms with Gasteiger partial charge in [0.25, 0.3) is 0 Å². The summed E-state index contributed by atoms with van der Waals surface area (Å²) in [5.41, 5.74) is -0.353. The van der Waals surface area contributed by atoms with E-state index in [1.165, 1.54) is 6.92 Å². The Bertz CT molecular complexity index is 416. The van der Waals surface area contributed by atoms with Crippen LogP contribution in [0.3, 0.4) is 0 Å². The number of benzene rings is 1. The van der Waals surface area contributed by atoms with Gasteiger partial charge in [-0.25, -0.2) is 13.4 Å². The van der Waals surface area contributed by atoms with Crippen molar-refractivity contribution in [3.05, 3.63) is 29.1 Å². The Kier molecular flexibility index (Phi) is 2.97. The molecule has 0 bridgehead atoms. The molecule has 0 fully saturated rings. The number of carboxylic acids is 1. The van der Waals surface area contributed by atoms with Crippen LogP contribution in [0.4, 0.5) is 4.39 Å². The van der Waals surface area contributed by atoms with E-state index in [4.69, 9.17) is 9.66 Å². The number of rotatable bonds is 2. The van der Waals surface area contributed by atoms with E-state index in [0.29, 0.717) is 0 Å². The zero-order chi connectivity index (χ0) is 10.9. The molecule has 0 saturated heterocycles. The summed E-state index contributed by atoms with van der Waals surface area (Å²) >= 11 is -2.38. The van der Waals surface area contributed by atoms with Crippen LogP contribution in [0.1, 0.15) is 15.9 Å². The predicted octanol–water partition coefficient (Wildman–Crippen LogP) is 1.41. The van der Waals surface area contributed by atoms with E-state index < -0.39 is 22.9 Å². The van der Waals surface area contributed by atoms with Crippen molar-refractivity contribution >= 4 is 17.0 Å². The third-order valence-electron chi connectivity index (χ3n) is 1.75. The van der Waals surface area contributed by atoms with Gasteiger partial charge in [-0.05, 0) is 24.6 Å². The summed E-state index contributed by atoms with van der Waals surface area (Å²) in [5.74, 6) is -2.13. The lowest BCUT2D eigenvalue weighted by molar-refractivity contribution is 0.0695. The van der Waals surface area contributed by atoms with E-state index in [9.17, 15) is 13.4 Å². The Balaban J connectivity index is 3.43. The second kappa shape index (κ2) is 3.85. The summed E-state index contributed by atoms with van der Waals surface area (Å²) in [5, 5.41) is 8.65. The van der Waals surface area contributed by atoms with E-state index in [2.05, 4.69) is 0 Å². The minimum atomic E-state index is -2.38. The van der Waals surface area contributed by atoms with E-state index in [1.54, 1.807) is 0 Å². The molecule has 0 saturated carbocycles. The molecule has 4 nitrogen and oxygen atoms in total. The Labute approximate surface area is 81.7 Å². The highest BCUT2D eigenvalue weighted by molar-refractivity contribution is 7.79. The maximum Gasteiger partial charge on any atom is 0.336 e. The van der Waals surface area contributed by atoms with Crippen LogP contribution in [0, 0.1) is 12.7 Å². The molecule has 0 aromatic heterocycles. The lowest BCUT2D eigenvalue weighted by Crippen LogP contribution is -2.04. The van der Waals surface area contributed by atoms with Gasteiger partial charge in [-0.2, -0.15) is 0 Å². The largest absolute Gasteiger partial charge is 0.478 e. The zero-order valence-corrected chi connectivity index (χ0v) is 7.97. The fraction of sp³-hybridized carbons (Fsp3) is 0.125. The summed E-state index contributed by atoms with van der Waals surface area (Å²) in [6.07, 6.45) is 0. The molecule has 0 radical (unpaired) electrons. The number of halogens is 1. The lowest BCUT2D eigenvalue weighted by atomic mass is 10.1. The van der Waals surface area contributed by atoms with Gasteiger partial charge in [0.2, 0.25) is 0 Å². The molecule has 0 aliphatic carbocycles. The lowest BCUT2D eigenvalue weighted by Gasteiger charge is -2.03. The molecule has 2 N–H and O–H groups in total. The monoisotopic (exact) mass is 218 g/mol. The number of carbonyl (C=O) groups is 1. The van der Waals surface area contributed by atoms with Crippen molar-refractivity contribution in [1.29, 1.82) is 0 Å².